The molecule has 2 aromatic rings. The Morgan fingerprint density at radius 2 is 1.64 bits per heavy atom. The van der Waals surface area contributed by atoms with E-state index in [-0.39, 0.29) is 61.9 Å². The SMILES string of the molecule is CCCC(OCCCOC1CCC2C3CCc4cc(OCCN(C)CCCCCCSSCCCCCCNC(=O)CCc5cn(C6CC(OC)C(COC)O6)c(=O)[nH]c5=O)ccc4C3CCC12C)(C(F)(F)F)C(F)(F)F. The van der Waals surface area contributed by atoms with Crippen LogP contribution in [0.3, 0.4) is 0 Å². The summed E-state index contributed by atoms with van der Waals surface area (Å²) < 4.78 is 117. The van der Waals surface area contributed by atoms with Crippen molar-refractivity contribution >= 4 is 27.5 Å². The summed E-state index contributed by atoms with van der Waals surface area (Å²) >= 11 is 0. The van der Waals surface area contributed by atoms with Gasteiger partial charge in [0.25, 0.3) is 11.2 Å². The molecule has 77 heavy (non-hydrogen) atoms. The molecule has 2 saturated carbocycles. The lowest BCUT2D eigenvalue weighted by Gasteiger charge is -2.50. The van der Waals surface area contributed by atoms with E-state index in [0.717, 1.165) is 101 Å². The second-order valence-corrected chi connectivity index (χ2v) is 24.6. The standard InChI is InChI=1S/C56H86F6N4O9S2/c1-6-25-54(55(57,58)59,56(60,61)62)74-31-15-30-73-48-22-21-45-44-19-16-39-35-41(18-20-42(39)43(44)24-26-53(45,48)2)72-32-29-65(3)28-12-8-10-14-34-77-76-33-13-9-7-11-27-63-49(67)23-17-40-37-66(52(69)64-51(40)68)50-36-46(71-5)47(75-50)38-70-4/h18,20,35,37,43-48,50H,6-17,19,21-34,36,38H2,1-5H3,(H,63,67)(H,64,68,69). The number of aromatic nitrogens is 2. The lowest BCUT2D eigenvalue weighted by Crippen LogP contribution is -2.58. The van der Waals surface area contributed by atoms with Crippen LogP contribution >= 0.6 is 21.6 Å². The molecule has 8 atom stereocenters. The number of alkyl halides is 6. The minimum atomic E-state index is -5.56. The molecule has 6 rings (SSSR count). The van der Waals surface area contributed by atoms with E-state index in [1.54, 1.807) is 14.2 Å². The second kappa shape index (κ2) is 30.3. The van der Waals surface area contributed by atoms with E-state index in [1.165, 1.54) is 48.1 Å². The molecule has 0 radical (unpaired) electrons. The van der Waals surface area contributed by atoms with Gasteiger partial charge in [0.15, 0.2) is 0 Å². The van der Waals surface area contributed by atoms with Gasteiger partial charge in [-0.25, -0.2) is 4.79 Å². The number of nitrogens with one attached hydrogen (secondary N) is 2. The highest BCUT2D eigenvalue weighted by Crippen LogP contribution is 2.62. The highest BCUT2D eigenvalue weighted by Gasteiger charge is 2.71. The Morgan fingerprint density at radius 1 is 0.909 bits per heavy atom. The van der Waals surface area contributed by atoms with Crippen LogP contribution in [0.25, 0.3) is 0 Å². The summed E-state index contributed by atoms with van der Waals surface area (Å²) in [5, 5.41) is 2.96. The van der Waals surface area contributed by atoms with Crippen molar-refractivity contribution in [2.75, 3.05) is 78.8 Å². The minimum Gasteiger partial charge on any atom is -0.492 e. The molecule has 0 bridgehead atoms. The highest BCUT2D eigenvalue weighted by molar-refractivity contribution is 8.76. The summed E-state index contributed by atoms with van der Waals surface area (Å²) in [5.41, 5.74) is -2.18. The monoisotopic (exact) mass is 1140 g/mol. The van der Waals surface area contributed by atoms with Crippen LogP contribution in [-0.2, 0) is 41.3 Å². The van der Waals surface area contributed by atoms with Gasteiger partial charge >= 0.3 is 18.0 Å². The number of fused-ring (bicyclic) bond motifs is 5. The van der Waals surface area contributed by atoms with Crippen molar-refractivity contribution in [1.82, 2.24) is 19.8 Å². The van der Waals surface area contributed by atoms with Crippen molar-refractivity contribution in [2.45, 2.75) is 191 Å². The van der Waals surface area contributed by atoms with Gasteiger partial charge in [-0.2, -0.15) is 26.3 Å². The Labute approximate surface area is 459 Å². The number of H-pyrrole nitrogens is 1. The van der Waals surface area contributed by atoms with Crippen LogP contribution in [0.4, 0.5) is 26.3 Å². The molecule has 1 aromatic carbocycles. The van der Waals surface area contributed by atoms with E-state index in [0.29, 0.717) is 49.5 Å². The maximum Gasteiger partial charge on any atom is 0.426 e. The average molecular weight is 1140 g/mol. The maximum absolute atomic E-state index is 13.7. The molecule has 2 N–H and O–H groups in total. The second-order valence-electron chi connectivity index (χ2n) is 21.9. The van der Waals surface area contributed by atoms with E-state index < -0.39 is 48.5 Å². The number of amides is 1. The summed E-state index contributed by atoms with van der Waals surface area (Å²) in [4.78, 5) is 42.3. The minimum absolute atomic E-state index is 0.0397. The van der Waals surface area contributed by atoms with E-state index in [1.807, 2.05) is 21.6 Å². The highest BCUT2D eigenvalue weighted by atomic mass is 33.1. The molecule has 0 spiro atoms. The average Bonchev–Trinajstić information content (AvgIpc) is 3.98. The summed E-state index contributed by atoms with van der Waals surface area (Å²) in [6, 6.07) is 6.60. The first-order valence-corrected chi connectivity index (χ1v) is 30.7. The number of ether oxygens (including phenoxy) is 6. The molecule has 1 aliphatic heterocycles. The molecule has 3 fully saturated rings. The number of benzene rings is 1. The molecule has 1 amide bonds. The molecule has 13 nitrogen and oxygen atoms in total. The molecule has 1 aromatic heterocycles. The van der Waals surface area contributed by atoms with Crippen LogP contribution < -0.4 is 21.3 Å². The fourth-order valence-corrected chi connectivity index (χ4v) is 14.7. The predicted octanol–water partition coefficient (Wildman–Crippen LogP) is 11.4. The number of methoxy groups -OCH3 is 2. The van der Waals surface area contributed by atoms with Crippen LogP contribution in [0.15, 0.2) is 34.0 Å². The van der Waals surface area contributed by atoms with Crippen molar-refractivity contribution in [3.63, 3.8) is 0 Å². The van der Waals surface area contributed by atoms with Gasteiger partial charge in [-0.3, -0.25) is 19.1 Å². The van der Waals surface area contributed by atoms with Crippen LogP contribution in [-0.4, -0.2) is 135 Å². The summed E-state index contributed by atoms with van der Waals surface area (Å²) in [7, 11) is 9.20. The van der Waals surface area contributed by atoms with Crippen molar-refractivity contribution in [2.24, 2.45) is 17.3 Å². The number of rotatable bonds is 34. The zero-order valence-electron chi connectivity index (χ0n) is 46.0. The number of hydrogen-bond acceptors (Lipinski definition) is 12. The van der Waals surface area contributed by atoms with Gasteiger partial charge in [0.2, 0.25) is 5.91 Å². The fourth-order valence-electron chi connectivity index (χ4n) is 12.4. The van der Waals surface area contributed by atoms with Crippen LogP contribution in [0.1, 0.15) is 158 Å². The van der Waals surface area contributed by atoms with Gasteiger partial charge < -0.3 is 38.6 Å². The van der Waals surface area contributed by atoms with Crippen molar-refractivity contribution < 1.29 is 59.6 Å². The summed E-state index contributed by atoms with van der Waals surface area (Å²) in [6.07, 6.45) is 3.29. The van der Waals surface area contributed by atoms with E-state index >= 15 is 0 Å². The van der Waals surface area contributed by atoms with Gasteiger partial charge in [-0.15, -0.1) is 0 Å². The lowest BCUT2D eigenvalue weighted by molar-refractivity contribution is -0.383. The Bertz CT molecular complexity index is 2220. The van der Waals surface area contributed by atoms with Gasteiger partial charge in [0.05, 0.1) is 25.4 Å². The first kappa shape index (κ1) is 63.4. The topological polar surface area (TPSA) is 143 Å². The zero-order chi connectivity index (χ0) is 55.6. The van der Waals surface area contributed by atoms with E-state index in [4.69, 9.17) is 23.7 Å². The molecule has 3 aliphatic carbocycles. The largest absolute Gasteiger partial charge is 0.492 e. The van der Waals surface area contributed by atoms with Crippen LogP contribution in [0.2, 0.25) is 0 Å². The Balaban J connectivity index is 0.750. The van der Waals surface area contributed by atoms with Crippen LogP contribution in [0.5, 0.6) is 5.75 Å². The third-order valence-corrected chi connectivity index (χ3v) is 19.3. The number of hydrogen-bond donors (Lipinski definition) is 2. The Morgan fingerprint density at radius 3 is 2.34 bits per heavy atom. The van der Waals surface area contributed by atoms with E-state index in [9.17, 15) is 40.7 Å². The van der Waals surface area contributed by atoms with Crippen LogP contribution in [0, 0.1) is 17.3 Å². The van der Waals surface area contributed by atoms with Crippen molar-refractivity contribution in [3.8, 4) is 5.75 Å². The molecule has 21 heteroatoms. The quantitative estimate of drug-likeness (QED) is 0.0391. The molecular formula is C56H86F6N4O9S2. The number of carbonyl (C=O) groups excluding carboxylic acids is 1. The molecule has 2 heterocycles. The number of unbranched alkanes of at least 4 members (excludes halogenated alkanes) is 6. The number of likely N-dealkylation sites (N-methyl/N-ethyl adjacent to an activating group) is 1. The first-order valence-electron chi connectivity index (χ1n) is 28.2. The number of aryl methyl sites for hydroxylation is 2. The van der Waals surface area contributed by atoms with Gasteiger partial charge in [0, 0.05) is 70.0 Å². The normalized spacial score (nSPS) is 24.5. The third-order valence-electron chi connectivity index (χ3n) is 16.7. The smallest absolute Gasteiger partial charge is 0.426 e. The number of aromatic amines is 1. The molecule has 1 saturated heterocycles. The fraction of sp³-hybridized carbons (Fsp3) is 0.804. The maximum atomic E-state index is 13.7. The third kappa shape index (κ3) is 17.1. The number of carbonyl (C=O) groups is 1. The summed E-state index contributed by atoms with van der Waals surface area (Å²) in [5.74, 6) is 4.47. The molecular weight excluding hydrogens is 1050 g/mol. The van der Waals surface area contributed by atoms with Gasteiger partial charge in [0.1, 0.15) is 24.7 Å². The Kier molecular flexibility index (Phi) is 25.0. The summed E-state index contributed by atoms with van der Waals surface area (Å²) in [6.45, 7) is 6.37. The van der Waals surface area contributed by atoms with Crippen molar-refractivity contribution in [3.05, 3.63) is 61.9 Å². The molecule has 438 valence electrons. The first-order chi connectivity index (χ1) is 36.8. The predicted molar refractivity (Wildman–Crippen MR) is 290 cm³/mol. The number of halogens is 6. The lowest BCUT2D eigenvalue weighted by atomic mass is 9.55. The molecule has 8 unspecified atom stereocenters. The number of nitrogens with zero attached hydrogens (tertiary/aromatic N) is 2. The van der Waals surface area contributed by atoms with Gasteiger partial charge in [-0.1, -0.05) is 73.6 Å². The molecule has 4 aliphatic rings. The van der Waals surface area contributed by atoms with Gasteiger partial charge in [-0.05, 0) is 143 Å². The zero-order valence-corrected chi connectivity index (χ0v) is 47.6. The Hall–Kier alpha value is -2.79. The van der Waals surface area contributed by atoms with Crippen molar-refractivity contribution in [1.29, 1.82) is 0 Å². The van der Waals surface area contributed by atoms with E-state index in [2.05, 4.69) is 52.1 Å².